The molecule has 3 heteroatoms. The van der Waals surface area contributed by atoms with E-state index in [0.29, 0.717) is 11.6 Å². The van der Waals surface area contributed by atoms with E-state index in [1.54, 1.807) is 24.5 Å². The van der Waals surface area contributed by atoms with Crippen LogP contribution in [0.5, 0.6) is 11.6 Å². The number of pyridine rings is 2. The zero-order valence-electron chi connectivity index (χ0n) is 7.77. The zero-order chi connectivity index (χ0) is 9.80. The number of rotatable bonds is 2. The minimum atomic E-state index is 0.550. The molecular formula is C11H9N2O. The molecule has 0 fully saturated rings. The zero-order valence-corrected chi connectivity index (χ0v) is 7.77. The van der Waals surface area contributed by atoms with E-state index in [9.17, 15) is 0 Å². The molecule has 0 aromatic carbocycles. The van der Waals surface area contributed by atoms with Crippen LogP contribution in [0.1, 0.15) is 5.69 Å². The van der Waals surface area contributed by atoms with Gasteiger partial charge < -0.3 is 4.74 Å². The Morgan fingerprint density at radius 1 is 1.21 bits per heavy atom. The van der Waals surface area contributed by atoms with Gasteiger partial charge in [-0.1, -0.05) is 0 Å². The lowest BCUT2D eigenvalue weighted by molar-refractivity contribution is 0.460. The lowest BCUT2D eigenvalue weighted by Gasteiger charge is -2.02. The number of nitrogens with zero attached hydrogens (tertiary/aromatic N) is 2. The van der Waals surface area contributed by atoms with Gasteiger partial charge in [0.25, 0.3) is 0 Å². The predicted octanol–water partition coefficient (Wildman–Crippen LogP) is 2.38. The van der Waals surface area contributed by atoms with Gasteiger partial charge in [-0.25, -0.2) is 4.98 Å². The fraction of sp³-hybridized carbons (Fsp3) is 0.0909. The Labute approximate surface area is 82.4 Å². The lowest BCUT2D eigenvalue weighted by Crippen LogP contribution is -1.88. The molecule has 1 radical (unpaired) electrons. The van der Waals surface area contributed by atoms with Crippen molar-refractivity contribution in [1.29, 1.82) is 0 Å². The number of ether oxygens (including phenoxy) is 1. The number of hydrogen-bond donors (Lipinski definition) is 0. The number of aryl methyl sites for hydroxylation is 1. The third kappa shape index (κ3) is 2.07. The van der Waals surface area contributed by atoms with Crippen molar-refractivity contribution in [2.24, 2.45) is 0 Å². The highest BCUT2D eigenvalue weighted by atomic mass is 16.5. The maximum atomic E-state index is 5.44. The number of aromatic nitrogens is 2. The van der Waals surface area contributed by atoms with E-state index in [4.69, 9.17) is 4.74 Å². The molecule has 0 aliphatic rings. The summed E-state index contributed by atoms with van der Waals surface area (Å²) in [6, 6.07) is 10.1. The quantitative estimate of drug-likeness (QED) is 0.720. The van der Waals surface area contributed by atoms with Crippen molar-refractivity contribution in [1.82, 2.24) is 9.97 Å². The third-order valence-corrected chi connectivity index (χ3v) is 1.70. The molecule has 0 atom stereocenters. The van der Waals surface area contributed by atoms with Crippen molar-refractivity contribution in [3.63, 3.8) is 0 Å². The Kier molecular flexibility index (Phi) is 2.40. The van der Waals surface area contributed by atoms with Gasteiger partial charge >= 0.3 is 0 Å². The van der Waals surface area contributed by atoms with Crippen LogP contribution in [0.2, 0.25) is 0 Å². The summed E-state index contributed by atoms with van der Waals surface area (Å²) in [5.74, 6) is 1.24. The first-order valence-corrected chi connectivity index (χ1v) is 4.27. The molecule has 3 nitrogen and oxygen atoms in total. The smallest absolute Gasteiger partial charge is 0.219 e. The van der Waals surface area contributed by atoms with Crippen LogP contribution in [0, 0.1) is 13.0 Å². The maximum absolute atomic E-state index is 5.44. The van der Waals surface area contributed by atoms with Gasteiger partial charge in [0.05, 0.1) is 6.20 Å². The van der Waals surface area contributed by atoms with Gasteiger partial charge in [-0.05, 0) is 25.1 Å². The Morgan fingerprint density at radius 2 is 2.14 bits per heavy atom. The predicted molar refractivity (Wildman–Crippen MR) is 52.1 cm³/mol. The molecule has 14 heavy (non-hydrogen) atoms. The maximum Gasteiger partial charge on any atom is 0.219 e. The van der Waals surface area contributed by atoms with Gasteiger partial charge in [-0.3, -0.25) is 4.98 Å². The summed E-state index contributed by atoms with van der Waals surface area (Å²) in [4.78, 5) is 8.11. The summed E-state index contributed by atoms with van der Waals surface area (Å²) in [6.45, 7) is 1.93. The summed E-state index contributed by atoms with van der Waals surface area (Å²) < 4.78 is 5.44. The second-order valence-electron chi connectivity index (χ2n) is 2.83. The van der Waals surface area contributed by atoms with Gasteiger partial charge in [0.2, 0.25) is 5.88 Å². The topological polar surface area (TPSA) is 35.0 Å². The van der Waals surface area contributed by atoms with E-state index in [-0.39, 0.29) is 0 Å². The molecule has 0 aliphatic carbocycles. The molecule has 2 rings (SSSR count). The molecule has 0 saturated carbocycles. The second kappa shape index (κ2) is 3.87. The van der Waals surface area contributed by atoms with E-state index in [0.717, 1.165) is 5.69 Å². The second-order valence-corrected chi connectivity index (χ2v) is 2.83. The Balaban J connectivity index is 2.16. The van der Waals surface area contributed by atoms with Crippen LogP contribution in [0.4, 0.5) is 0 Å². The van der Waals surface area contributed by atoms with Gasteiger partial charge in [-0.15, -0.1) is 0 Å². The molecule has 2 heterocycles. The molecule has 69 valence electrons. The van der Waals surface area contributed by atoms with E-state index >= 15 is 0 Å². The first kappa shape index (κ1) is 8.69. The normalized spacial score (nSPS) is 9.79. The summed E-state index contributed by atoms with van der Waals surface area (Å²) in [5, 5.41) is 0. The summed E-state index contributed by atoms with van der Waals surface area (Å²) in [7, 11) is 0. The van der Waals surface area contributed by atoms with Gasteiger partial charge in [0.15, 0.2) is 0 Å². The fourth-order valence-electron chi connectivity index (χ4n) is 1.00. The monoisotopic (exact) mass is 185 g/mol. The summed E-state index contributed by atoms with van der Waals surface area (Å²) in [5.41, 5.74) is 0.965. The lowest BCUT2D eigenvalue weighted by atomic mass is 10.4. The highest BCUT2D eigenvalue weighted by Crippen LogP contribution is 2.16. The molecule has 0 N–H and O–H groups in total. The fourth-order valence-corrected chi connectivity index (χ4v) is 1.00. The largest absolute Gasteiger partial charge is 0.437 e. The molecule has 2 aromatic rings. The Morgan fingerprint density at radius 3 is 2.79 bits per heavy atom. The number of hydrogen-bond acceptors (Lipinski definition) is 3. The van der Waals surface area contributed by atoms with Crippen molar-refractivity contribution in [2.45, 2.75) is 6.92 Å². The van der Waals surface area contributed by atoms with Gasteiger partial charge in [0.1, 0.15) is 5.75 Å². The SMILES string of the molecule is Cc1ccc(Oc2cc[c]cn2)cn1. The Hall–Kier alpha value is -1.90. The van der Waals surface area contributed by atoms with Crippen LogP contribution in [0.3, 0.4) is 0 Å². The van der Waals surface area contributed by atoms with E-state index < -0.39 is 0 Å². The van der Waals surface area contributed by atoms with Crippen LogP contribution < -0.4 is 4.74 Å². The van der Waals surface area contributed by atoms with Crippen molar-refractivity contribution in [2.75, 3.05) is 0 Å². The first-order chi connectivity index (χ1) is 6.84. The van der Waals surface area contributed by atoms with E-state index in [1.165, 1.54) is 0 Å². The van der Waals surface area contributed by atoms with E-state index in [2.05, 4.69) is 16.0 Å². The average molecular weight is 185 g/mol. The first-order valence-electron chi connectivity index (χ1n) is 4.27. The Bertz CT molecular complexity index is 397. The van der Waals surface area contributed by atoms with Crippen molar-refractivity contribution >= 4 is 0 Å². The standard InChI is InChI=1S/C11H9N2O/c1-9-5-6-10(8-13-9)14-11-4-2-3-7-12-11/h2,4-8H,1H3. The molecule has 2 aromatic heterocycles. The minimum absolute atomic E-state index is 0.550. The third-order valence-electron chi connectivity index (χ3n) is 1.70. The highest BCUT2D eigenvalue weighted by Gasteiger charge is 1.96. The van der Waals surface area contributed by atoms with Crippen molar-refractivity contribution in [3.8, 4) is 11.6 Å². The molecular weight excluding hydrogens is 176 g/mol. The van der Waals surface area contributed by atoms with Crippen molar-refractivity contribution in [3.05, 3.63) is 48.4 Å². The van der Waals surface area contributed by atoms with Crippen molar-refractivity contribution < 1.29 is 4.74 Å². The summed E-state index contributed by atoms with van der Waals surface area (Å²) >= 11 is 0. The van der Waals surface area contributed by atoms with Crippen LogP contribution in [-0.4, -0.2) is 9.97 Å². The molecule has 0 aliphatic heterocycles. The average Bonchev–Trinajstić information content (AvgIpc) is 2.23. The van der Waals surface area contributed by atoms with E-state index in [1.807, 2.05) is 19.1 Å². The molecule has 0 spiro atoms. The molecule has 0 saturated heterocycles. The van der Waals surface area contributed by atoms with Gasteiger partial charge in [0, 0.05) is 24.0 Å². The van der Waals surface area contributed by atoms with Gasteiger partial charge in [-0.2, -0.15) is 0 Å². The molecule has 0 amide bonds. The molecule has 0 bridgehead atoms. The highest BCUT2D eigenvalue weighted by molar-refractivity contribution is 5.24. The van der Waals surface area contributed by atoms with Crippen LogP contribution in [-0.2, 0) is 0 Å². The van der Waals surface area contributed by atoms with Crippen LogP contribution in [0.15, 0.2) is 36.7 Å². The summed E-state index contributed by atoms with van der Waals surface area (Å²) in [6.07, 6.45) is 3.24. The minimum Gasteiger partial charge on any atom is -0.437 e. The molecule has 0 unspecified atom stereocenters. The van der Waals surface area contributed by atoms with Crippen LogP contribution in [0.25, 0.3) is 0 Å². The van der Waals surface area contributed by atoms with Crippen LogP contribution >= 0.6 is 0 Å².